The first-order chi connectivity index (χ1) is 16.1. The molecule has 0 aromatic heterocycles. The molecular formula is C25H20N2O6S. The third-order valence-electron chi connectivity index (χ3n) is 5.87. The molecule has 0 atom stereocenters. The minimum Gasteiger partial charge on any atom is -0.507 e. The van der Waals surface area contributed by atoms with E-state index < -0.39 is 15.8 Å². The molecule has 0 spiro atoms. The van der Waals surface area contributed by atoms with Crippen molar-refractivity contribution in [2.45, 2.75) is 18.7 Å². The summed E-state index contributed by atoms with van der Waals surface area (Å²) in [7, 11) is -4.06. The number of fused-ring (bicyclic) bond motifs is 4. The van der Waals surface area contributed by atoms with Gasteiger partial charge in [0.05, 0.1) is 15.8 Å². The van der Waals surface area contributed by atoms with E-state index in [-0.39, 0.29) is 55.3 Å². The predicted octanol–water partition coefficient (Wildman–Crippen LogP) is 3.99. The van der Waals surface area contributed by atoms with Gasteiger partial charge in [-0.2, -0.15) is 18.4 Å². The van der Waals surface area contributed by atoms with Crippen molar-refractivity contribution in [2.24, 2.45) is 5.10 Å². The van der Waals surface area contributed by atoms with Gasteiger partial charge in [0.2, 0.25) is 0 Å². The molecule has 5 N–H and O–H groups in total. The van der Waals surface area contributed by atoms with Crippen LogP contribution >= 0.6 is 0 Å². The lowest BCUT2D eigenvalue weighted by Gasteiger charge is -2.13. The Labute approximate surface area is 195 Å². The molecule has 9 heteroatoms. The molecule has 1 aliphatic rings. The summed E-state index contributed by atoms with van der Waals surface area (Å²) in [5, 5.41) is 47.6. The number of nitrogens with zero attached hydrogens (tertiary/aromatic N) is 1. The number of hydrazone groups is 1. The summed E-state index contributed by atoms with van der Waals surface area (Å²) in [4.78, 5) is 2.19. The molecule has 0 saturated heterocycles. The Morgan fingerprint density at radius 2 is 1.47 bits per heavy atom. The van der Waals surface area contributed by atoms with Crippen molar-refractivity contribution in [1.29, 1.82) is 0 Å². The predicted molar refractivity (Wildman–Crippen MR) is 128 cm³/mol. The van der Waals surface area contributed by atoms with Gasteiger partial charge in [-0.3, -0.25) is 0 Å². The molecule has 172 valence electrons. The van der Waals surface area contributed by atoms with E-state index in [1.54, 1.807) is 25.1 Å². The van der Waals surface area contributed by atoms with Crippen LogP contribution in [0.2, 0.25) is 0 Å². The highest BCUT2D eigenvalue weighted by Gasteiger charge is 2.36. The van der Waals surface area contributed by atoms with Crippen molar-refractivity contribution in [3.8, 4) is 34.1 Å². The van der Waals surface area contributed by atoms with Crippen LogP contribution in [0.15, 0.2) is 64.6 Å². The zero-order chi connectivity index (χ0) is 24.4. The van der Waals surface area contributed by atoms with Crippen LogP contribution in [-0.4, -0.2) is 34.6 Å². The maximum absolute atomic E-state index is 12.9. The number of benzene rings is 4. The standard InChI is InChI=1S/C25H20N2O6S/c1-12-6-8-14(9-7-12)34(32,33)27-26-23-16-10-13(2)11-18(29)19(16)21-22(23)25(31)20-15(24(21)30)4-3-5-17(20)28/h3-11,27-31H,1-2H3/b26-23+. The summed E-state index contributed by atoms with van der Waals surface area (Å²) in [5.41, 5.74) is 2.15. The van der Waals surface area contributed by atoms with E-state index in [0.29, 0.717) is 11.1 Å². The highest BCUT2D eigenvalue weighted by molar-refractivity contribution is 7.89. The van der Waals surface area contributed by atoms with E-state index in [0.717, 1.165) is 5.56 Å². The molecule has 5 rings (SSSR count). The first-order valence-corrected chi connectivity index (χ1v) is 11.8. The van der Waals surface area contributed by atoms with Crippen LogP contribution in [0.25, 0.3) is 21.9 Å². The van der Waals surface area contributed by atoms with Gasteiger partial charge in [-0.15, -0.1) is 0 Å². The Hall–Kier alpha value is -4.24. The van der Waals surface area contributed by atoms with Gasteiger partial charge in [0.1, 0.15) is 28.7 Å². The maximum Gasteiger partial charge on any atom is 0.276 e. The Kier molecular flexibility index (Phi) is 4.69. The smallest absolute Gasteiger partial charge is 0.276 e. The van der Waals surface area contributed by atoms with Crippen LogP contribution in [0.5, 0.6) is 23.0 Å². The molecule has 0 radical (unpaired) electrons. The largest absolute Gasteiger partial charge is 0.507 e. The number of hydrogen-bond acceptors (Lipinski definition) is 7. The number of hydrogen-bond donors (Lipinski definition) is 5. The van der Waals surface area contributed by atoms with E-state index in [1.165, 1.54) is 36.4 Å². The minimum atomic E-state index is -4.06. The van der Waals surface area contributed by atoms with Crippen molar-refractivity contribution in [2.75, 3.05) is 0 Å². The molecule has 0 fully saturated rings. The fourth-order valence-corrected chi connectivity index (χ4v) is 5.11. The van der Waals surface area contributed by atoms with E-state index in [9.17, 15) is 28.8 Å². The molecule has 1 aliphatic carbocycles. The van der Waals surface area contributed by atoms with Crippen LogP contribution in [0.4, 0.5) is 0 Å². The van der Waals surface area contributed by atoms with Gasteiger partial charge in [0.15, 0.2) is 0 Å². The number of phenols is 4. The Morgan fingerprint density at radius 3 is 2.18 bits per heavy atom. The van der Waals surface area contributed by atoms with Crippen molar-refractivity contribution in [3.63, 3.8) is 0 Å². The van der Waals surface area contributed by atoms with Gasteiger partial charge in [-0.05, 0) is 49.7 Å². The average Bonchev–Trinajstić information content (AvgIpc) is 3.11. The molecule has 0 bridgehead atoms. The van der Waals surface area contributed by atoms with Crippen LogP contribution in [0.1, 0.15) is 22.3 Å². The Morgan fingerprint density at radius 1 is 0.765 bits per heavy atom. The Balaban J connectivity index is 1.79. The highest BCUT2D eigenvalue weighted by Crippen LogP contribution is 2.55. The van der Waals surface area contributed by atoms with Crippen molar-refractivity contribution < 1.29 is 28.8 Å². The quantitative estimate of drug-likeness (QED) is 0.197. The lowest BCUT2D eigenvalue weighted by molar-refractivity contribution is 0.457. The van der Waals surface area contributed by atoms with Crippen molar-refractivity contribution >= 4 is 26.5 Å². The van der Waals surface area contributed by atoms with Gasteiger partial charge in [-0.25, -0.2) is 0 Å². The zero-order valence-corrected chi connectivity index (χ0v) is 19.0. The lowest BCUT2D eigenvalue weighted by atomic mass is 9.96. The molecule has 0 saturated carbocycles. The first kappa shape index (κ1) is 21.6. The summed E-state index contributed by atoms with van der Waals surface area (Å²) in [5.74, 6) is -1.13. The van der Waals surface area contributed by atoms with Gasteiger partial charge in [0, 0.05) is 22.1 Å². The molecule has 4 aromatic rings. The molecule has 34 heavy (non-hydrogen) atoms. The first-order valence-electron chi connectivity index (χ1n) is 10.3. The summed E-state index contributed by atoms with van der Waals surface area (Å²) in [6, 6.07) is 13.7. The second kappa shape index (κ2) is 7.39. The van der Waals surface area contributed by atoms with Crippen LogP contribution in [-0.2, 0) is 10.0 Å². The van der Waals surface area contributed by atoms with E-state index in [2.05, 4.69) is 9.93 Å². The number of sulfonamides is 1. The monoisotopic (exact) mass is 476 g/mol. The van der Waals surface area contributed by atoms with Crippen LogP contribution < -0.4 is 4.83 Å². The average molecular weight is 477 g/mol. The third kappa shape index (κ3) is 3.12. The normalized spacial score (nSPS) is 13.8. The van der Waals surface area contributed by atoms with Crippen LogP contribution in [0, 0.1) is 13.8 Å². The number of nitrogens with one attached hydrogen (secondary N) is 1. The van der Waals surface area contributed by atoms with Crippen molar-refractivity contribution in [1.82, 2.24) is 4.83 Å². The fourth-order valence-electron chi connectivity index (χ4n) is 4.30. The molecule has 0 aliphatic heterocycles. The van der Waals surface area contributed by atoms with Gasteiger partial charge < -0.3 is 20.4 Å². The second-order valence-electron chi connectivity index (χ2n) is 8.22. The topological polar surface area (TPSA) is 139 Å². The molecule has 8 nitrogen and oxygen atoms in total. The second-order valence-corrected chi connectivity index (χ2v) is 9.88. The fraction of sp³-hybridized carbons (Fsp3) is 0.0800. The summed E-state index contributed by atoms with van der Waals surface area (Å²) < 4.78 is 25.7. The molecule has 0 heterocycles. The van der Waals surface area contributed by atoms with Gasteiger partial charge in [-0.1, -0.05) is 29.8 Å². The molecule has 4 aromatic carbocycles. The van der Waals surface area contributed by atoms with Crippen LogP contribution in [0.3, 0.4) is 0 Å². The minimum absolute atomic E-state index is 0.00219. The number of rotatable bonds is 3. The zero-order valence-electron chi connectivity index (χ0n) is 18.2. The third-order valence-corrected chi connectivity index (χ3v) is 7.10. The van der Waals surface area contributed by atoms with Gasteiger partial charge in [0.25, 0.3) is 10.0 Å². The Bertz CT molecular complexity index is 1640. The van der Waals surface area contributed by atoms with Crippen molar-refractivity contribution in [3.05, 3.63) is 76.9 Å². The lowest BCUT2D eigenvalue weighted by Crippen LogP contribution is -2.20. The van der Waals surface area contributed by atoms with E-state index in [4.69, 9.17) is 0 Å². The summed E-state index contributed by atoms with van der Waals surface area (Å²) in [6.45, 7) is 3.57. The molecular weight excluding hydrogens is 456 g/mol. The van der Waals surface area contributed by atoms with Gasteiger partial charge >= 0.3 is 0 Å². The number of phenolic OH excluding ortho intramolecular Hbond substituents is 4. The number of aromatic hydroxyl groups is 4. The maximum atomic E-state index is 12.9. The molecule has 0 unspecified atom stereocenters. The van der Waals surface area contributed by atoms with E-state index in [1.807, 2.05) is 6.92 Å². The highest BCUT2D eigenvalue weighted by atomic mass is 32.2. The summed E-state index contributed by atoms with van der Waals surface area (Å²) >= 11 is 0. The molecule has 0 amide bonds. The van der Waals surface area contributed by atoms with E-state index >= 15 is 0 Å². The summed E-state index contributed by atoms with van der Waals surface area (Å²) in [6.07, 6.45) is 0. The SMILES string of the molecule is Cc1ccc(S(=O)(=O)N/N=C2\c3cc(C)cc(O)c3-c3c2c(O)c2c(O)cccc2c3O)cc1. The number of aryl methyl sites for hydroxylation is 2.